The molecule has 1 amide bonds. The van der Waals surface area contributed by atoms with Crippen LogP contribution in [0.2, 0.25) is 0 Å². The summed E-state index contributed by atoms with van der Waals surface area (Å²) in [7, 11) is 0. The Labute approximate surface area is 170 Å². The molecule has 2 aromatic rings. The van der Waals surface area contributed by atoms with Crippen molar-refractivity contribution in [1.82, 2.24) is 9.88 Å². The lowest BCUT2D eigenvalue weighted by Crippen LogP contribution is -2.42. The van der Waals surface area contributed by atoms with Crippen molar-refractivity contribution in [2.24, 2.45) is 5.92 Å². The first-order chi connectivity index (χ1) is 13.8. The van der Waals surface area contributed by atoms with Crippen molar-refractivity contribution in [2.75, 3.05) is 50.9 Å². The average molecular weight is 404 g/mol. The predicted molar refractivity (Wildman–Crippen MR) is 112 cm³/mol. The van der Waals surface area contributed by atoms with Gasteiger partial charge in [0.15, 0.2) is 5.13 Å². The Morgan fingerprint density at radius 1 is 1.36 bits per heavy atom. The van der Waals surface area contributed by atoms with Crippen LogP contribution in [0.25, 0.3) is 10.2 Å². The van der Waals surface area contributed by atoms with Gasteiger partial charge in [0.05, 0.1) is 24.5 Å². The van der Waals surface area contributed by atoms with Crippen molar-refractivity contribution < 1.29 is 14.3 Å². The molecule has 0 bridgehead atoms. The minimum absolute atomic E-state index is 0.168. The zero-order valence-corrected chi connectivity index (χ0v) is 17.4. The van der Waals surface area contributed by atoms with Crippen LogP contribution in [0, 0.1) is 5.92 Å². The first kappa shape index (κ1) is 19.6. The van der Waals surface area contributed by atoms with Gasteiger partial charge < -0.3 is 9.47 Å². The summed E-state index contributed by atoms with van der Waals surface area (Å²) in [4.78, 5) is 22.3. The summed E-state index contributed by atoms with van der Waals surface area (Å²) in [5, 5.41) is 0.807. The van der Waals surface area contributed by atoms with Crippen LogP contribution in [-0.4, -0.2) is 61.8 Å². The first-order valence-electron chi connectivity index (χ1n) is 10.4. The highest BCUT2D eigenvalue weighted by Gasteiger charge is 2.31. The SMILES string of the molecule is CCOc1cccc2sc(N(CCCN3CCOCC3)C(=O)C3CCC3)nc12. The lowest BCUT2D eigenvalue weighted by atomic mass is 9.84. The number of thiazole rings is 1. The summed E-state index contributed by atoms with van der Waals surface area (Å²) in [6.45, 7) is 7.88. The molecule has 1 saturated heterocycles. The van der Waals surface area contributed by atoms with Crippen LogP contribution in [0.15, 0.2) is 18.2 Å². The van der Waals surface area contributed by atoms with Crippen LogP contribution >= 0.6 is 11.3 Å². The summed E-state index contributed by atoms with van der Waals surface area (Å²) in [5.74, 6) is 1.21. The molecule has 0 radical (unpaired) electrons. The minimum Gasteiger partial charge on any atom is -0.492 e. The van der Waals surface area contributed by atoms with Gasteiger partial charge in [0, 0.05) is 32.1 Å². The Morgan fingerprint density at radius 2 is 2.18 bits per heavy atom. The molecule has 1 aromatic heterocycles. The number of rotatable bonds is 8. The largest absolute Gasteiger partial charge is 0.492 e. The lowest BCUT2D eigenvalue weighted by molar-refractivity contribution is -0.124. The number of benzene rings is 1. The molecule has 7 heteroatoms. The second-order valence-corrected chi connectivity index (χ2v) is 8.47. The summed E-state index contributed by atoms with van der Waals surface area (Å²) < 4.78 is 12.2. The molecule has 1 aliphatic heterocycles. The van der Waals surface area contributed by atoms with Gasteiger partial charge in [0.2, 0.25) is 5.91 Å². The quantitative estimate of drug-likeness (QED) is 0.675. The molecule has 6 nitrogen and oxygen atoms in total. The molecule has 2 fully saturated rings. The maximum atomic E-state index is 13.1. The van der Waals surface area contributed by atoms with Crippen molar-refractivity contribution >= 4 is 32.6 Å². The van der Waals surface area contributed by atoms with Gasteiger partial charge in [-0.05, 0) is 38.3 Å². The number of fused-ring (bicyclic) bond motifs is 1. The molecule has 2 aliphatic rings. The number of para-hydroxylation sites is 1. The molecule has 1 saturated carbocycles. The maximum absolute atomic E-state index is 13.1. The monoisotopic (exact) mass is 403 g/mol. The molecule has 28 heavy (non-hydrogen) atoms. The number of anilines is 1. The van der Waals surface area contributed by atoms with Crippen LogP contribution in [0.1, 0.15) is 32.6 Å². The normalized spacial score (nSPS) is 18.2. The van der Waals surface area contributed by atoms with Crippen molar-refractivity contribution in [2.45, 2.75) is 32.6 Å². The Kier molecular flexibility index (Phi) is 6.44. The molecule has 1 aromatic carbocycles. The van der Waals surface area contributed by atoms with E-state index in [1.54, 1.807) is 11.3 Å². The average Bonchev–Trinajstić information content (AvgIpc) is 3.09. The third kappa shape index (κ3) is 4.31. The number of aromatic nitrogens is 1. The molecule has 152 valence electrons. The molecule has 0 atom stereocenters. The maximum Gasteiger partial charge on any atom is 0.231 e. The number of amides is 1. The molecule has 0 spiro atoms. The summed E-state index contributed by atoms with van der Waals surface area (Å²) in [6, 6.07) is 6.00. The van der Waals surface area contributed by atoms with E-state index in [4.69, 9.17) is 14.5 Å². The topological polar surface area (TPSA) is 54.9 Å². The van der Waals surface area contributed by atoms with Crippen LogP contribution < -0.4 is 9.64 Å². The zero-order valence-electron chi connectivity index (χ0n) is 16.6. The molecular formula is C21H29N3O3S. The number of carbonyl (C=O) groups excluding carboxylic acids is 1. The van der Waals surface area contributed by atoms with Crippen molar-refractivity contribution in [1.29, 1.82) is 0 Å². The Hall–Kier alpha value is -1.70. The van der Waals surface area contributed by atoms with E-state index in [9.17, 15) is 4.79 Å². The standard InChI is InChI=1S/C21H29N3O3S/c1-2-27-17-8-4-9-18-19(17)22-21(28-18)24(20(25)16-6-3-7-16)11-5-10-23-12-14-26-15-13-23/h4,8-9,16H,2-3,5-7,10-15H2,1H3. The van der Waals surface area contributed by atoms with Gasteiger partial charge in [-0.1, -0.05) is 23.8 Å². The van der Waals surface area contributed by atoms with Crippen LogP contribution in [0.3, 0.4) is 0 Å². The Bertz CT molecular complexity index is 799. The van der Waals surface area contributed by atoms with E-state index < -0.39 is 0 Å². The number of carbonyl (C=O) groups is 1. The van der Waals surface area contributed by atoms with E-state index in [1.165, 1.54) is 0 Å². The van der Waals surface area contributed by atoms with Gasteiger partial charge in [0.1, 0.15) is 11.3 Å². The van der Waals surface area contributed by atoms with Crippen molar-refractivity contribution in [3.8, 4) is 5.75 Å². The van der Waals surface area contributed by atoms with Gasteiger partial charge in [-0.25, -0.2) is 4.98 Å². The fraction of sp³-hybridized carbons (Fsp3) is 0.619. The Morgan fingerprint density at radius 3 is 2.89 bits per heavy atom. The molecule has 0 unspecified atom stereocenters. The van der Waals surface area contributed by atoms with Gasteiger partial charge in [-0.15, -0.1) is 0 Å². The smallest absolute Gasteiger partial charge is 0.231 e. The Balaban J connectivity index is 1.51. The van der Waals surface area contributed by atoms with Gasteiger partial charge >= 0.3 is 0 Å². The number of ether oxygens (including phenoxy) is 2. The number of hydrogen-bond donors (Lipinski definition) is 0. The van der Waals surface area contributed by atoms with Gasteiger partial charge in [-0.2, -0.15) is 0 Å². The second-order valence-electron chi connectivity index (χ2n) is 7.46. The van der Waals surface area contributed by atoms with Gasteiger partial charge in [-0.3, -0.25) is 14.6 Å². The molecule has 1 aliphatic carbocycles. The highest BCUT2D eigenvalue weighted by atomic mass is 32.1. The number of nitrogens with zero attached hydrogens (tertiary/aromatic N) is 3. The highest BCUT2D eigenvalue weighted by Crippen LogP contribution is 2.36. The molecular weight excluding hydrogens is 374 g/mol. The first-order valence-corrected chi connectivity index (χ1v) is 11.2. The fourth-order valence-corrected chi connectivity index (χ4v) is 4.77. The fourth-order valence-electron chi connectivity index (χ4n) is 3.75. The molecule has 0 N–H and O–H groups in total. The lowest BCUT2D eigenvalue weighted by Gasteiger charge is -2.31. The molecule has 4 rings (SSSR count). The summed E-state index contributed by atoms with van der Waals surface area (Å²) in [5.41, 5.74) is 0.865. The van der Waals surface area contributed by atoms with E-state index in [0.29, 0.717) is 6.61 Å². The molecule has 2 heterocycles. The van der Waals surface area contributed by atoms with E-state index in [1.807, 2.05) is 24.0 Å². The van der Waals surface area contributed by atoms with Crippen LogP contribution in [-0.2, 0) is 9.53 Å². The third-order valence-corrected chi connectivity index (χ3v) is 6.63. The highest BCUT2D eigenvalue weighted by molar-refractivity contribution is 7.22. The zero-order chi connectivity index (χ0) is 19.3. The van der Waals surface area contributed by atoms with E-state index >= 15 is 0 Å². The third-order valence-electron chi connectivity index (χ3n) is 5.58. The van der Waals surface area contributed by atoms with E-state index in [0.717, 1.165) is 86.2 Å². The second kappa shape index (κ2) is 9.20. The number of morpholine rings is 1. The van der Waals surface area contributed by atoms with Crippen LogP contribution in [0.4, 0.5) is 5.13 Å². The van der Waals surface area contributed by atoms with E-state index in [2.05, 4.69) is 11.0 Å². The number of hydrogen-bond acceptors (Lipinski definition) is 6. The van der Waals surface area contributed by atoms with E-state index in [-0.39, 0.29) is 11.8 Å². The summed E-state index contributed by atoms with van der Waals surface area (Å²) in [6.07, 6.45) is 4.13. The minimum atomic E-state index is 0.168. The van der Waals surface area contributed by atoms with Crippen molar-refractivity contribution in [3.05, 3.63) is 18.2 Å². The van der Waals surface area contributed by atoms with Gasteiger partial charge in [0.25, 0.3) is 0 Å². The predicted octanol–water partition coefficient (Wildman–Crippen LogP) is 3.55. The van der Waals surface area contributed by atoms with Crippen molar-refractivity contribution in [3.63, 3.8) is 0 Å². The summed E-state index contributed by atoms with van der Waals surface area (Å²) >= 11 is 1.59. The van der Waals surface area contributed by atoms with Crippen LogP contribution in [0.5, 0.6) is 5.75 Å².